The summed E-state index contributed by atoms with van der Waals surface area (Å²) in [5.74, 6) is 0.826. The third kappa shape index (κ3) is 2.79. The fraction of sp³-hybridized carbons (Fsp3) is 0.250. The van der Waals surface area contributed by atoms with Crippen LogP contribution in [-0.4, -0.2) is 17.3 Å². The molecule has 0 aliphatic rings. The van der Waals surface area contributed by atoms with Gasteiger partial charge in [0.15, 0.2) is 0 Å². The Kier molecular flexibility index (Phi) is 3.68. The first-order chi connectivity index (χ1) is 8.20. The van der Waals surface area contributed by atoms with Crippen LogP contribution in [0.25, 0.3) is 0 Å². The Morgan fingerprint density at radius 2 is 2.24 bits per heavy atom. The maximum atomic E-state index is 5.20. The number of ether oxygens (including phenoxy) is 1. The molecule has 2 rings (SSSR count). The van der Waals surface area contributed by atoms with Gasteiger partial charge in [-0.25, -0.2) is 0 Å². The average Bonchev–Trinajstić information content (AvgIpc) is 2.85. The Labute approximate surface area is 109 Å². The van der Waals surface area contributed by atoms with E-state index in [1.165, 1.54) is 0 Å². The van der Waals surface area contributed by atoms with Gasteiger partial charge in [0.1, 0.15) is 5.75 Å². The summed E-state index contributed by atoms with van der Waals surface area (Å²) in [5.41, 5.74) is 2.03. The van der Waals surface area contributed by atoms with Crippen molar-refractivity contribution in [1.82, 2.24) is 10.2 Å². The van der Waals surface area contributed by atoms with Crippen molar-refractivity contribution in [2.24, 2.45) is 0 Å². The van der Waals surface area contributed by atoms with Gasteiger partial charge in [0.2, 0.25) is 0 Å². The van der Waals surface area contributed by atoms with Gasteiger partial charge in [-0.15, -0.1) is 0 Å². The predicted molar refractivity (Wildman–Crippen MR) is 71.3 cm³/mol. The third-order valence-electron chi connectivity index (χ3n) is 2.53. The molecule has 1 atom stereocenters. The van der Waals surface area contributed by atoms with Gasteiger partial charge in [0.25, 0.3) is 0 Å². The second-order valence-corrected chi connectivity index (χ2v) is 4.58. The molecule has 0 saturated heterocycles. The number of nitrogens with one attached hydrogen (secondary N) is 2. The second-order valence-electron chi connectivity index (χ2n) is 3.72. The summed E-state index contributed by atoms with van der Waals surface area (Å²) in [5, 5.41) is 10.3. The molecule has 1 unspecified atom stereocenters. The topological polar surface area (TPSA) is 49.9 Å². The van der Waals surface area contributed by atoms with Gasteiger partial charge in [-0.05, 0) is 41.1 Å². The molecular formula is C12H14BrN3O. The maximum absolute atomic E-state index is 5.20. The summed E-state index contributed by atoms with van der Waals surface area (Å²) in [6.07, 6.45) is 1.74. The van der Waals surface area contributed by atoms with E-state index in [4.69, 9.17) is 4.74 Å². The van der Waals surface area contributed by atoms with E-state index in [0.29, 0.717) is 0 Å². The van der Waals surface area contributed by atoms with Crippen LogP contribution in [0.2, 0.25) is 0 Å². The lowest BCUT2D eigenvalue weighted by atomic mass is 10.2. The summed E-state index contributed by atoms with van der Waals surface area (Å²) >= 11 is 3.51. The third-order valence-corrected chi connectivity index (χ3v) is 3.23. The van der Waals surface area contributed by atoms with Crippen molar-refractivity contribution in [2.75, 3.05) is 12.4 Å². The molecule has 90 valence electrons. The molecule has 2 aromatic rings. The van der Waals surface area contributed by atoms with E-state index >= 15 is 0 Å². The van der Waals surface area contributed by atoms with Gasteiger partial charge >= 0.3 is 0 Å². The number of aromatic amines is 1. The number of methoxy groups -OCH3 is 1. The van der Waals surface area contributed by atoms with Crippen molar-refractivity contribution < 1.29 is 4.74 Å². The van der Waals surface area contributed by atoms with Crippen LogP contribution in [0.1, 0.15) is 18.7 Å². The number of benzene rings is 1. The summed E-state index contributed by atoms with van der Waals surface area (Å²) in [6, 6.07) is 7.93. The Bertz CT molecular complexity index is 485. The SMILES string of the molecule is COc1ccc(Br)c(NC(C)c2ccn[nH]2)c1. The first-order valence-electron chi connectivity index (χ1n) is 5.30. The zero-order valence-electron chi connectivity index (χ0n) is 9.70. The highest BCUT2D eigenvalue weighted by Gasteiger charge is 2.09. The van der Waals surface area contributed by atoms with Crippen LogP contribution in [0.5, 0.6) is 5.75 Å². The van der Waals surface area contributed by atoms with E-state index in [1.54, 1.807) is 13.3 Å². The monoisotopic (exact) mass is 295 g/mol. The van der Waals surface area contributed by atoms with Crippen molar-refractivity contribution in [3.63, 3.8) is 0 Å². The smallest absolute Gasteiger partial charge is 0.121 e. The van der Waals surface area contributed by atoms with Gasteiger partial charge in [-0.3, -0.25) is 5.10 Å². The Hall–Kier alpha value is -1.49. The molecule has 0 saturated carbocycles. The molecule has 1 aromatic heterocycles. The van der Waals surface area contributed by atoms with Gasteiger partial charge in [0.05, 0.1) is 24.5 Å². The lowest BCUT2D eigenvalue weighted by Gasteiger charge is -2.15. The molecule has 0 fully saturated rings. The van der Waals surface area contributed by atoms with Crippen molar-refractivity contribution in [1.29, 1.82) is 0 Å². The fourth-order valence-corrected chi connectivity index (χ4v) is 1.92. The zero-order chi connectivity index (χ0) is 12.3. The Balaban J connectivity index is 2.18. The number of hydrogen-bond donors (Lipinski definition) is 2. The first-order valence-corrected chi connectivity index (χ1v) is 6.09. The largest absolute Gasteiger partial charge is 0.497 e. The zero-order valence-corrected chi connectivity index (χ0v) is 11.3. The first kappa shape index (κ1) is 12.0. The van der Waals surface area contributed by atoms with Crippen molar-refractivity contribution in [2.45, 2.75) is 13.0 Å². The highest BCUT2D eigenvalue weighted by atomic mass is 79.9. The van der Waals surface area contributed by atoms with Crippen LogP contribution in [-0.2, 0) is 0 Å². The summed E-state index contributed by atoms with van der Waals surface area (Å²) in [4.78, 5) is 0. The highest BCUT2D eigenvalue weighted by Crippen LogP contribution is 2.29. The molecule has 5 heteroatoms. The average molecular weight is 296 g/mol. The number of nitrogens with zero attached hydrogens (tertiary/aromatic N) is 1. The molecule has 17 heavy (non-hydrogen) atoms. The van der Waals surface area contributed by atoms with E-state index < -0.39 is 0 Å². The molecule has 0 radical (unpaired) electrons. The van der Waals surface area contributed by atoms with E-state index in [-0.39, 0.29) is 6.04 Å². The molecule has 1 aromatic carbocycles. The summed E-state index contributed by atoms with van der Waals surface area (Å²) in [7, 11) is 1.66. The molecule has 1 heterocycles. The van der Waals surface area contributed by atoms with Crippen LogP contribution < -0.4 is 10.1 Å². The van der Waals surface area contributed by atoms with Crippen LogP contribution in [0.4, 0.5) is 5.69 Å². The van der Waals surface area contributed by atoms with Gasteiger partial charge < -0.3 is 10.1 Å². The lowest BCUT2D eigenvalue weighted by Crippen LogP contribution is -2.07. The minimum atomic E-state index is 0.154. The second kappa shape index (κ2) is 5.23. The molecule has 2 N–H and O–H groups in total. The predicted octanol–water partition coefficient (Wildman–Crippen LogP) is 3.35. The van der Waals surface area contributed by atoms with Crippen LogP contribution >= 0.6 is 15.9 Å². The quantitative estimate of drug-likeness (QED) is 0.909. The summed E-state index contributed by atoms with van der Waals surface area (Å²) < 4.78 is 6.21. The number of hydrogen-bond acceptors (Lipinski definition) is 3. The number of rotatable bonds is 4. The number of anilines is 1. The molecule has 0 amide bonds. The Morgan fingerprint density at radius 3 is 2.88 bits per heavy atom. The van der Waals surface area contributed by atoms with Crippen molar-refractivity contribution in [3.05, 3.63) is 40.6 Å². The molecule has 0 aliphatic heterocycles. The minimum absolute atomic E-state index is 0.154. The lowest BCUT2D eigenvalue weighted by molar-refractivity contribution is 0.415. The molecule has 0 spiro atoms. The van der Waals surface area contributed by atoms with Gasteiger partial charge in [-0.2, -0.15) is 5.10 Å². The standard InChI is InChI=1S/C12H14BrN3O/c1-8(11-5-6-14-16-11)15-12-7-9(17-2)3-4-10(12)13/h3-8,15H,1-2H3,(H,14,16). The normalized spacial score (nSPS) is 12.2. The van der Waals surface area contributed by atoms with E-state index in [1.807, 2.05) is 24.3 Å². The minimum Gasteiger partial charge on any atom is -0.497 e. The number of H-pyrrole nitrogens is 1. The molecule has 0 bridgehead atoms. The van der Waals surface area contributed by atoms with E-state index in [0.717, 1.165) is 21.6 Å². The van der Waals surface area contributed by atoms with Crippen LogP contribution in [0.3, 0.4) is 0 Å². The fourth-order valence-electron chi connectivity index (χ4n) is 1.56. The van der Waals surface area contributed by atoms with E-state index in [2.05, 4.69) is 38.4 Å². The van der Waals surface area contributed by atoms with Crippen molar-refractivity contribution in [3.8, 4) is 5.75 Å². The summed E-state index contributed by atoms with van der Waals surface area (Å²) in [6.45, 7) is 2.07. The van der Waals surface area contributed by atoms with Crippen LogP contribution in [0.15, 0.2) is 34.9 Å². The van der Waals surface area contributed by atoms with Gasteiger partial charge in [0, 0.05) is 16.7 Å². The molecule has 4 nitrogen and oxygen atoms in total. The Morgan fingerprint density at radius 1 is 1.41 bits per heavy atom. The maximum Gasteiger partial charge on any atom is 0.121 e. The number of aromatic nitrogens is 2. The van der Waals surface area contributed by atoms with E-state index in [9.17, 15) is 0 Å². The molecule has 0 aliphatic carbocycles. The highest BCUT2D eigenvalue weighted by molar-refractivity contribution is 9.10. The van der Waals surface area contributed by atoms with Crippen molar-refractivity contribution >= 4 is 21.6 Å². The van der Waals surface area contributed by atoms with Gasteiger partial charge in [-0.1, -0.05) is 0 Å². The molecular weight excluding hydrogens is 282 g/mol. The van der Waals surface area contributed by atoms with Crippen LogP contribution in [0, 0.1) is 0 Å². The number of halogens is 1.